The summed E-state index contributed by atoms with van der Waals surface area (Å²) in [5.41, 5.74) is -0.802. The van der Waals surface area contributed by atoms with Crippen LogP contribution in [0, 0.1) is 0 Å². The molecule has 0 aromatic carbocycles. The molecule has 1 aliphatic heterocycles. The molecule has 1 aliphatic rings. The van der Waals surface area contributed by atoms with Gasteiger partial charge in [0.05, 0.1) is 11.9 Å². The second-order valence-corrected chi connectivity index (χ2v) is 5.40. The molecule has 2 aromatic rings. The predicted octanol–water partition coefficient (Wildman–Crippen LogP) is -1.38. The molecule has 5 N–H and O–H groups in total. The number of amides is 1. The van der Waals surface area contributed by atoms with Crippen LogP contribution < -0.4 is 16.1 Å². The van der Waals surface area contributed by atoms with E-state index in [9.17, 15) is 24.9 Å². The first kappa shape index (κ1) is 17.6. The maximum Gasteiger partial charge on any atom is 0.414 e. The minimum Gasteiger partial charge on any atom is -0.465 e. The van der Waals surface area contributed by atoms with Crippen LogP contribution in [0.2, 0.25) is 0 Å². The fourth-order valence-electron chi connectivity index (χ4n) is 2.64. The molecular weight excluding hydrogens is 350 g/mol. The average Bonchev–Trinajstić information content (AvgIpc) is 2.91. The standard InChI is InChI=1S/C14H15N5O7/c20-9-10(21)12(19(14(23)24)7-2-1-4-15-6-7)26-11(9)18-5-3-8(17-25)16-13(18)22/h1-6,9-12,20-21,25H,(H,23,24)(H,16,17,22)/t9-,10+,11-,12-/m1/s1. The number of carbonyl (C=O) groups is 1. The number of H-pyrrole nitrogens is 1. The van der Waals surface area contributed by atoms with Crippen LogP contribution in [-0.2, 0) is 4.74 Å². The largest absolute Gasteiger partial charge is 0.465 e. The Morgan fingerprint density at radius 3 is 2.69 bits per heavy atom. The summed E-state index contributed by atoms with van der Waals surface area (Å²) < 4.78 is 6.38. The van der Waals surface area contributed by atoms with Gasteiger partial charge in [-0.05, 0) is 12.1 Å². The van der Waals surface area contributed by atoms with Crippen LogP contribution in [0.3, 0.4) is 0 Å². The summed E-state index contributed by atoms with van der Waals surface area (Å²) in [6.07, 6.45) is -3.66. The Labute approximate surface area is 144 Å². The van der Waals surface area contributed by atoms with Crippen molar-refractivity contribution in [3.8, 4) is 0 Å². The zero-order valence-electron chi connectivity index (χ0n) is 13.1. The number of hydrogen-bond acceptors (Lipinski definition) is 8. The predicted molar refractivity (Wildman–Crippen MR) is 83.1 cm³/mol. The molecule has 3 rings (SSSR count). The number of rotatable bonds is 3. The van der Waals surface area contributed by atoms with Gasteiger partial charge in [-0.1, -0.05) is 5.16 Å². The fourth-order valence-corrected chi connectivity index (χ4v) is 2.64. The van der Waals surface area contributed by atoms with Crippen LogP contribution in [0.4, 0.5) is 10.5 Å². The van der Waals surface area contributed by atoms with Gasteiger partial charge in [0.1, 0.15) is 12.2 Å². The summed E-state index contributed by atoms with van der Waals surface area (Å²) in [4.78, 5) is 30.4. The lowest BCUT2D eigenvalue weighted by atomic mass is 10.2. The van der Waals surface area contributed by atoms with Gasteiger partial charge in [0.15, 0.2) is 17.9 Å². The zero-order valence-corrected chi connectivity index (χ0v) is 13.1. The summed E-state index contributed by atoms with van der Waals surface area (Å²) in [5.74, 6) is 0. The first-order valence-corrected chi connectivity index (χ1v) is 7.37. The highest BCUT2D eigenvalue weighted by atomic mass is 16.6. The molecule has 0 bridgehead atoms. The van der Waals surface area contributed by atoms with E-state index in [1.54, 1.807) is 0 Å². The molecule has 0 radical (unpaired) electrons. The number of anilines is 1. The molecule has 1 amide bonds. The lowest BCUT2D eigenvalue weighted by Gasteiger charge is -2.27. The van der Waals surface area contributed by atoms with Crippen LogP contribution >= 0.6 is 0 Å². The molecule has 0 aliphatic carbocycles. The quantitative estimate of drug-likeness (QED) is 0.327. The summed E-state index contributed by atoms with van der Waals surface area (Å²) >= 11 is 0. The van der Waals surface area contributed by atoms with E-state index in [-0.39, 0.29) is 11.2 Å². The van der Waals surface area contributed by atoms with E-state index in [0.717, 1.165) is 4.57 Å². The third kappa shape index (κ3) is 3.03. The van der Waals surface area contributed by atoms with Gasteiger partial charge in [0.2, 0.25) is 0 Å². The lowest BCUT2D eigenvalue weighted by molar-refractivity contribution is -0.0393. The van der Waals surface area contributed by atoms with Crippen LogP contribution in [0.15, 0.2) is 46.7 Å². The average molecular weight is 365 g/mol. The monoisotopic (exact) mass is 365 g/mol. The minimum atomic E-state index is -1.63. The normalized spacial score (nSPS) is 26.0. The maximum atomic E-state index is 12.0. The summed E-state index contributed by atoms with van der Waals surface area (Å²) in [5, 5.41) is 41.5. The van der Waals surface area contributed by atoms with Crippen molar-refractivity contribution in [2.75, 3.05) is 4.90 Å². The van der Waals surface area contributed by atoms with Gasteiger partial charge in [-0.3, -0.25) is 14.5 Å². The number of aliphatic hydroxyl groups is 2. The smallest absolute Gasteiger partial charge is 0.414 e. The molecular formula is C14H15N5O7. The summed E-state index contributed by atoms with van der Waals surface area (Å²) in [7, 11) is 0. The lowest BCUT2D eigenvalue weighted by Crippen LogP contribution is -2.47. The molecule has 0 unspecified atom stereocenters. The number of pyridine rings is 1. The molecule has 4 atom stereocenters. The summed E-state index contributed by atoms with van der Waals surface area (Å²) in [6, 6.07) is 4.17. The highest BCUT2D eigenvalue weighted by Gasteiger charge is 2.48. The van der Waals surface area contributed by atoms with Crippen molar-refractivity contribution in [3.05, 3.63) is 52.8 Å². The van der Waals surface area contributed by atoms with Gasteiger partial charge < -0.3 is 25.3 Å². The maximum absolute atomic E-state index is 12.0. The molecule has 0 spiro atoms. The second-order valence-electron chi connectivity index (χ2n) is 5.40. The number of hydrogen-bond donors (Lipinski definition) is 5. The minimum absolute atomic E-state index is 0.116. The molecule has 2 aromatic heterocycles. The Hall–Kier alpha value is -3.22. The van der Waals surface area contributed by atoms with Gasteiger partial charge >= 0.3 is 11.8 Å². The number of aromatic nitrogens is 3. The van der Waals surface area contributed by atoms with E-state index < -0.39 is 36.4 Å². The first-order chi connectivity index (χ1) is 12.4. The number of aromatic amines is 1. The van der Waals surface area contributed by atoms with Gasteiger partial charge in [-0.15, -0.1) is 0 Å². The van der Waals surface area contributed by atoms with Gasteiger partial charge in [0.25, 0.3) is 0 Å². The van der Waals surface area contributed by atoms with Crippen LogP contribution in [0.5, 0.6) is 0 Å². The Morgan fingerprint density at radius 2 is 2.12 bits per heavy atom. The molecule has 12 heteroatoms. The van der Waals surface area contributed by atoms with Crippen molar-refractivity contribution >= 4 is 11.8 Å². The van der Waals surface area contributed by atoms with Crippen LogP contribution in [0.1, 0.15) is 6.23 Å². The van der Waals surface area contributed by atoms with Crippen molar-refractivity contribution < 1.29 is 30.1 Å². The van der Waals surface area contributed by atoms with Crippen LogP contribution in [-0.4, -0.2) is 59.6 Å². The van der Waals surface area contributed by atoms with Crippen molar-refractivity contribution in [1.82, 2.24) is 14.5 Å². The zero-order chi connectivity index (χ0) is 18.8. The van der Waals surface area contributed by atoms with Crippen molar-refractivity contribution in [3.63, 3.8) is 0 Å². The Kier molecular flexibility index (Phi) is 4.71. The molecule has 1 fully saturated rings. The molecule has 1 saturated heterocycles. The van der Waals surface area contributed by atoms with E-state index >= 15 is 0 Å². The highest BCUT2D eigenvalue weighted by Crippen LogP contribution is 2.32. The van der Waals surface area contributed by atoms with Crippen molar-refractivity contribution in [1.29, 1.82) is 0 Å². The van der Waals surface area contributed by atoms with Gasteiger partial charge in [0, 0.05) is 18.5 Å². The second kappa shape index (κ2) is 6.95. The number of aliphatic hydroxyl groups excluding tert-OH is 2. The number of nitrogens with zero attached hydrogens (tertiary/aromatic N) is 4. The Bertz CT molecular complexity index is 912. The fraction of sp³-hybridized carbons (Fsp3) is 0.286. The molecule has 26 heavy (non-hydrogen) atoms. The van der Waals surface area contributed by atoms with Crippen LogP contribution in [0.25, 0.3) is 0 Å². The molecule has 12 nitrogen and oxygen atoms in total. The van der Waals surface area contributed by atoms with Gasteiger partial charge in [-0.25, -0.2) is 14.5 Å². The Balaban J connectivity index is 1.97. The third-order valence-corrected chi connectivity index (χ3v) is 3.84. The van der Waals surface area contributed by atoms with E-state index in [1.807, 2.05) is 0 Å². The number of nitrogens with one attached hydrogen (secondary N) is 1. The number of carboxylic acid groups (broad SMARTS) is 1. The SMILES string of the molecule is O=C(O)N(c1cccnc1)[C@@H]1O[C@@H](n2cc/c(=N/O)[nH]c2=O)[C@H](O)[C@@H]1O. The third-order valence-electron chi connectivity index (χ3n) is 3.84. The molecule has 0 saturated carbocycles. The molecule has 138 valence electrons. The van der Waals surface area contributed by atoms with Crippen molar-refractivity contribution in [2.24, 2.45) is 5.16 Å². The summed E-state index contributed by atoms with van der Waals surface area (Å²) in [6.45, 7) is 0. The van der Waals surface area contributed by atoms with E-state index in [0.29, 0.717) is 4.90 Å². The van der Waals surface area contributed by atoms with E-state index in [4.69, 9.17) is 9.94 Å². The Morgan fingerprint density at radius 1 is 1.35 bits per heavy atom. The molecule has 3 heterocycles. The first-order valence-electron chi connectivity index (χ1n) is 7.37. The topological polar surface area (TPSA) is 173 Å². The van der Waals surface area contributed by atoms with Gasteiger partial charge in [-0.2, -0.15) is 0 Å². The highest BCUT2D eigenvalue weighted by molar-refractivity contribution is 5.86. The van der Waals surface area contributed by atoms with Crippen molar-refractivity contribution in [2.45, 2.75) is 24.7 Å². The number of ether oxygens (including phenoxy) is 1. The van der Waals surface area contributed by atoms with E-state index in [2.05, 4.69) is 15.1 Å². The van der Waals surface area contributed by atoms with E-state index in [1.165, 1.54) is 36.8 Å².